The molecule has 4 rings (SSSR count). The van der Waals surface area contributed by atoms with Gasteiger partial charge in [-0.25, -0.2) is 57.2 Å². The number of aromatic nitrogens is 4. The summed E-state index contributed by atoms with van der Waals surface area (Å²) < 4.78 is 67.9. The minimum atomic E-state index is -4.94. The molecule has 2 N–H and O–H groups in total. The van der Waals surface area contributed by atoms with Crippen LogP contribution in [-0.2, 0) is 17.1 Å². The standard InChI is InChI=1S/2C10H9N3.2ClHO4.Cu/c2*1-3-7-11-9(5-1)13-10-6-2-4-8-12-10;2*2-1(3,4)5;/h2*1-8H,(H,11,12,13);2*(H,2,3,4,5);/q;;;;+2/p-2. The first-order chi connectivity index (χ1) is 16.9. The first kappa shape index (κ1) is 34.0. The number of hydrogen-bond donors (Lipinski definition) is 2. The number of pyridine rings is 4. The number of halogens is 2. The zero-order chi connectivity index (χ0) is 26.9. The van der Waals surface area contributed by atoms with Crippen LogP contribution >= 0.6 is 0 Å². The molecule has 0 aromatic carbocycles. The Labute approximate surface area is 225 Å². The van der Waals surface area contributed by atoms with E-state index < -0.39 is 20.5 Å². The van der Waals surface area contributed by atoms with E-state index in [2.05, 4.69) is 30.6 Å². The molecular weight excluding hydrogens is 587 g/mol. The van der Waals surface area contributed by atoms with Crippen LogP contribution in [0.5, 0.6) is 0 Å². The van der Waals surface area contributed by atoms with Gasteiger partial charge in [-0.1, -0.05) is 24.3 Å². The van der Waals surface area contributed by atoms with Crippen molar-refractivity contribution in [2.45, 2.75) is 0 Å². The molecule has 0 unspecified atom stereocenters. The van der Waals surface area contributed by atoms with Crippen molar-refractivity contribution in [1.29, 1.82) is 0 Å². The van der Waals surface area contributed by atoms with Gasteiger partial charge in [0.05, 0.1) is 0 Å². The molecule has 0 aliphatic heterocycles. The van der Waals surface area contributed by atoms with Gasteiger partial charge >= 0.3 is 17.1 Å². The first-order valence-electron chi connectivity index (χ1n) is 9.32. The van der Waals surface area contributed by atoms with Gasteiger partial charge in [-0.05, 0) is 48.5 Å². The van der Waals surface area contributed by atoms with Gasteiger partial charge in [-0.15, -0.1) is 20.5 Å². The molecule has 0 spiro atoms. The van der Waals surface area contributed by atoms with Crippen molar-refractivity contribution in [3.63, 3.8) is 0 Å². The van der Waals surface area contributed by atoms with E-state index in [1.54, 1.807) is 24.8 Å². The maximum absolute atomic E-state index is 8.49. The largest absolute Gasteiger partial charge is 2.00 e. The van der Waals surface area contributed by atoms with Crippen LogP contribution in [0.3, 0.4) is 0 Å². The van der Waals surface area contributed by atoms with Gasteiger partial charge in [0.2, 0.25) is 0 Å². The summed E-state index contributed by atoms with van der Waals surface area (Å²) in [7, 11) is -9.89. The quantitative estimate of drug-likeness (QED) is 0.207. The van der Waals surface area contributed by atoms with Crippen molar-refractivity contribution in [2.75, 3.05) is 10.6 Å². The number of nitrogens with zero attached hydrogens (tertiary/aromatic N) is 4. The fourth-order valence-electron chi connectivity index (χ4n) is 2.01. The molecule has 4 aromatic heterocycles. The Kier molecular flexibility index (Phi) is 16.8. The van der Waals surface area contributed by atoms with Crippen LogP contribution in [0.25, 0.3) is 0 Å². The Balaban J connectivity index is 0.000000510. The minimum Gasteiger partial charge on any atom is -0.325 e. The summed E-state index contributed by atoms with van der Waals surface area (Å²) in [6, 6.07) is 22.8. The molecule has 0 aliphatic rings. The second-order valence-corrected chi connectivity index (χ2v) is 7.38. The van der Waals surface area contributed by atoms with Crippen LogP contribution in [0.15, 0.2) is 97.6 Å². The molecule has 0 bridgehead atoms. The van der Waals surface area contributed by atoms with Crippen LogP contribution in [-0.4, -0.2) is 19.9 Å². The summed E-state index contributed by atoms with van der Waals surface area (Å²) in [6.07, 6.45) is 6.97. The van der Waals surface area contributed by atoms with Gasteiger partial charge in [0.15, 0.2) is 0 Å². The van der Waals surface area contributed by atoms with Crippen molar-refractivity contribution < 1.29 is 74.8 Å². The van der Waals surface area contributed by atoms with E-state index >= 15 is 0 Å². The monoisotopic (exact) mass is 603 g/mol. The summed E-state index contributed by atoms with van der Waals surface area (Å²) in [5, 5.41) is 6.16. The van der Waals surface area contributed by atoms with E-state index in [0.717, 1.165) is 23.3 Å². The summed E-state index contributed by atoms with van der Waals surface area (Å²) in [5.74, 6) is 3.23. The predicted molar refractivity (Wildman–Crippen MR) is 104 cm³/mol. The van der Waals surface area contributed by atoms with E-state index in [0.29, 0.717) is 0 Å². The Morgan fingerprint density at radius 2 is 0.595 bits per heavy atom. The number of nitrogens with one attached hydrogen (secondary N) is 2. The van der Waals surface area contributed by atoms with Crippen LogP contribution in [0.2, 0.25) is 0 Å². The topological polar surface area (TPSA) is 260 Å². The summed E-state index contributed by atoms with van der Waals surface area (Å²) in [5.41, 5.74) is 0. The van der Waals surface area contributed by atoms with Crippen molar-refractivity contribution in [2.24, 2.45) is 0 Å². The Hall–Kier alpha value is -3.02. The molecule has 0 saturated heterocycles. The minimum absolute atomic E-state index is 0. The van der Waals surface area contributed by atoms with Crippen LogP contribution in [0.4, 0.5) is 23.3 Å². The molecular formula is C20H18Cl2CuN6O8. The molecule has 4 heterocycles. The van der Waals surface area contributed by atoms with E-state index in [1.165, 1.54) is 0 Å². The molecule has 201 valence electrons. The average molecular weight is 605 g/mol. The Morgan fingerprint density at radius 1 is 0.405 bits per heavy atom. The molecule has 14 nitrogen and oxygen atoms in total. The molecule has 0 saturated carbocycles. The smallest absolute Gasteiger partial charge is 0.325 e. The fourth-order valence-corrected chi connectivity index (χ4v) is 2.01. The maximum Gasteiger partial charge on any atom is 2.00 e. The number of anilines is 4. The summed E-state index contributed by atoms with van der Waals surface area (Å²) >= 11 is 0. The van der Waals surface area contributed by atoms with Crippen molar-refractivity contribution in [3.05, 3.63) is 97.6 Å². The third kappa shape index (κ3) is 23.1. The molecule has 17 heteroatoms. The molecule has 0 fully saturated rings. The molecule has 0 atom stereocenters. The van der Waals surface area contributed by atoms with E-state index in [1.807, 2.05) is 72.8 Å². The van der Waals surface area contributed by atoms with Crippen molar-refractivity contribution in [3.8, 4) is 0 Å². The molecule has 0 amide bonds. The van der Waals surface area contributed by atoms with E-state index in [9.17, 15) is 0 Å². The maximum atomic E-state index is 8.49. The van der Waals surface area contributed by atoms with Gasteiger partial charge in [0, 0.05) is 24.8 Å². The number of hydrogen-bond acceptors (Lipinski definition) is 14. The normalized spacial score (nSPS) is 9.95. The van der Waals surface area contributed by atoms with E-state index in [-0.39, 0.29) is 17.1 Å². The Bertz CT molecular complexity index is 908. The predicted octanol–water partition coefficient (Wildman–Crippen LogP) is -5.07. The van der Waals surface area contributed by atoms with Crippen LogP contribution in [0.1, 0.15) is 0 Å². The number of rotatable bonds is 4. The van der Waals surface area contributed by atoms with Gasteiger partial charge < -0.3 is 10.6 Å². The van der Waals surface area contributed by atoms with Crippen molar-refractivity contribution >= 4 is 23.3 Å². The fraction of sp³-hybridized carbons (Fsp3) is 0. The van der Waals surface area contributed by atoms with Crippen LogP contribution in [0, 0.1) is 20.5 Å². The Morgan fingerprint density at radius 3 is 0.730 bits per heavy atom. The average Bonchev–Trinajstić information content (AvgIpc) is 2.80. The van der Waals surface area contributed by atoms with E-state index in [4.69, 9.17) is 37.3 Å². The van der Waals surface area contributed by atoms with Crippen molar-refractivity contribution in [1.82, 2.24) is 19.9 Å². The molecule has 0 aliphatic carbocycles. The first-order valence-corrected chi connectivity index (χ1v) is 11.8. The zero-order valence-electron chi connectivity index (χ0n) is 18.3. The van der Waals surface area contributed by atoms with Gasteiger partial charge in [0.1, 0.15) is 23.3 Å². The van der Waals surface area contributed by atoms with Crippen LogP contribution < -0.4 is 47.9 Å². The van der Waals surface area contributed by atoms with Gasteiger partial charge in [-0.2, -0.15) is 0 Å². The molecule has 37 heavy (non-hydrogen) atoms. The molecule has 4 aromatic rings. The SMILES string of the molecule is [Cu+2].[O-][Cl+3]([O-])([O-])[O-].[O-][Cl+3]([O-])([O-])[O-].c1ccc(Nc2ccccn2)nc1.c1ccc(Nc2ccccn2)nc1. The third-order valence-corrected chi connectivity index (χ3v) is 3.17. The van der Waals surface area contributed by atoms with Gasteiger partial charge in [0.25, 0.3) is 0 Å². The zero-order valence-corrected chi connectivity index (χ0v) is 20.8. The summed E-state index contributed by atoms with van der Waals surface area (Å²) in [6.45, 7) is 0. The third-order valence-electron chi connectivity index (χ3n) is 3.17. The van der Waals surface area contributed by atoms with Gasteiger partial charge in [-0.3, -0.25) is 0 Å². The second kappa shape index (κ2) is 18.3. The second-order valence-electron chi connectivity index (χ2n) is 5.87. The summed E-state index contributed by atoms with van der Waals surface area (Å²) in [4.78, 5) is 16.5. The molecule has 1 radical (unpaired) electrons.